The smallest absolute Gasteiger partial charge is 0.133 e. The van der Waals surface area contributed by atoms with Gasteiger partial charge >= 0.3 is 0 Å². The first-order valence-electron chi connectivity index (χ1n) is 3.47. The van der Waals surface area contributed by atoms with Gasteiger partial charge in [0.05, 0.1) is 26.7 Å². The first-order valence-corrected chi connectivity index (χ1v) is 3.47. The summed E-state index contributed by atoms with van der Waals surface area (Å²) in [5.41, 5.74) is 0. The van der Waals surface area contributed by atoms with E-state index >= 15 is 0 Å². The van der Waals surface area contributed by atoms with Crippen LogP contribution in [0.2, 0.25) is 0 Å². The summed E-state index contributed by atoms with van der Waals surface area (Å²) in [6.07, 6.45) is 0. The number of aliphatic hydroxyl groups is 1. The summed E-state index contributed by atoms with van der Waals surface area (Å²) in [4.78, 5) is 3.82. The van der Waals surface area contributed by atoms with Gasteiger partial charge in [-0.3, -0.25) is 0 Å². The maximum absolute atomic E-state index is 8.56. The van der Waals surface area contributed by atoms with E-state index in [9.17, 15) is 0 Å². The van der Waals surface area contributed by atoms with E-state index in [0.717, 1.165) is 19.8 Å². The molecule has 2 N–H and O–H groups in total. The second-order valence-corrected chi connectivity index (χ2v) is 2.71. The molecule has 0 aliphatic carbocycles. The van der Waals surface area contributed by atoms with Gasteiger partial charge in [-0.2, -0.15) is 0 Å². The molecule has 3 heteroatoms. The molecule has 0 radical (unpaired) electrons. The first kappa shape index (κ1) is 6.99. The van der Waals surface area contributed by atoms with Crippen LogP contribution in [0.4, 0.5) is 0 Å². The summed E-state index contributed by atoms with van der Waals surface area (Å²) in [7, 11) is 2.18. The van der Waals surface area contributed by atoms with Crippen LogP contribution < -0.4 is 4.90 Å². The Morgan fingerprint density at radius 1 is 1.67 bits per heavy atom. The zero-order valence-electron chi connectivity index (χ0n) is 5.93. The molecule has 1 fully saturated rings. The lowest BCUT2D eigenvalue weighted by molar-refractivity contribution is -0.871. The fourth-order valence-corrected chi connectivity index (χ4v) is 1.22. The SMILES string of the molecule is C[NH+]1CCN(CCO)C1. The van der Waals surface area contributed by atoms with Crippen LogP contribution in [-0.2, 0) is 0 Å². The first-order chi connectivity index (χ1) is 4.33. The Morgan fingerprint density at radius 2 is 2.44 bits per heavy atom. The third-order valence-corrected chi connectivity index (χ3v) is 1.76. The molecule has 0 aromatic carbocycles. The number of quaternary nitrogens is 1. The Bertz CT molecular complexity index is 85.1. The maximum Gasteiger partial charge on any atom is 0.133 e. The fourth-order valence-electron chi connectivity index (χ4n) is 1.22. The molecule has 0 saturated carbocycles. The van der Waals surface area contributed by atoms with Gasteiger partial charge in [-0.05, 0) is 0 Å². The van der Waals surface area contributed by atoms with Crippen LogP contribution in [0.5, 0.6) is 0 Å². The van der Waals surface area contributed by atoms with Crippen molar-refractivity contribution in [1.29, 1.82) is 0 Å². The van der Waals surface area contributed by atoms with Gasteiger partial charge < -0.3 is 10.0 Å². The molecule has 0 aromatic heterocycles. The Balaban J connectivity index is 2.14. The third kappa shape index (κ3) is 1.93. The summed E-state index contributed by atoms with van der Waals surface area (Å²) < 4.78 is 0. The van der Waals surface area contributed by atoms with Gasteiger partial charge in [0.25, 0.3) is 0 Å². The number of rotatable bonds is 2. The van der Waals surface area contributed by atoms with E-state index in [2.05, 4.69) is 11.9 Å². The number of likely N-dealkylation sites (N-methyl/N-ethyl adjacent to an activating group) is 1. The quantitative estimate of drug-likeness (QED) is 0.444. The average molecular weight is 131 g/mol. The van der Waals surface area contributed by atoms with Gasteiger partial charge in [0.15, 0.2) is 0 Å². The largest absolute Gasteiger partial charge is 0.395 e. The molecule has 1 saturated heterocycles. The zero-order chi connectivity index (χ0) is 6.69. The second kappa shape index (κ2) is 3.15. The van der Waals surface area contributed by atoms with Crippen molar-refractivity contribution in [3.63, 3.8) is 0 Å². The van der Waals surface area contributed by atoms with Crippen LogP contribution >= 0.6 is 0 Å². The fraction of sp³-hybridized carbons (Fsp3) is 1.00. The van der Waals surface area contributed by atoms with Crippen LogP contribution in [0.25, 0.3) is 0 Å². The van der Waals surface area contributed by atoms with Gasteiger partial charge in [-0.15, -0.1) is 0 Å². The minimum absolute atomic E-state index is 0.299. The number of nitrogens with one attached hydrogen (secondary N) is 1. The lowest BCUT2D eigenvalue weighted by atomic mass is 10.5. The molecule has 1 aliphatic rings. The van der Waals surface area contributed by atoms with Crippen LogP contribution in [0.15, 0.2) is 0 Å². The monoisotopic (exact) mass is 131 g/mol. The summed E-state index contributed by atoms with van der Waals surface area (Å²) in [5.74, 6) is 0. The van der Waals surface area contributed by atoms with Crippen LogP contribution in [0.3, 0.4) is 0 Å². The molecule has 9 heavy (non-hydrogen) atoms. The van der Waals surface area contributed by atoms with E-state index in [-0.39, 0.29) is 0 Å². The molecule has 1 unspecified atom stereocenters. The second-order valence-electron chi connectivity index (χ2n) is 2.71. The van der Waals surface area contributed by atoms with Crippen molar-refractivity contribution in [3.05, 3.63) is 0 Å². The van der Waals surface area contributed by atoms with Crippen molar-refractivity contribution in [1.82, 2.24) is 4.90 Å². The van der Waals surface area contributed by atoms with E-state index in [1.54, 1.807) is 4.90 Å². The third-order valence-electron chi connectivity index (χ3n) is 1.76. The Morgan fingerprint density at radius 3 is 2.89 bits per heavy atom. The van der Waals surface area contributed by atoms with E-state index in [1.165, 1.54) is 6.54 Å². The van der Waals surface area contributed by atoms with Gasteiger partial charge in [-0.25, -0.2) is 4.90 Å². The average Bonchev–Trinajstić information content (AvgIpc) is 2.17. The zero-order valence-corrected chi connectivity index (χ0v) is 5.93. The Labute approximate surface area is 55.9 Å². The minimum Gasteiger partial charge on any atom is -0.395 e. The molecule has 3 nitrogen and oxygen atoms in total. The highest BCUT2D eigenvalue weighted by Crippen LogP contribution is 1.84. The van der Waals surface area contributed by atoms with E-state index in [4.69, 9.17) is 5.11 Å². The van der Waals surface area contributed by atoms with Crippen LogP contribution in [0.1, 0.15) is 0 Å². The summed E-state index contributed by atoms with van der Waals surface area (Å²) in [6.45, 7) is 4.61. The topological polar surface area (TPSA) is 27.9 Å². The van der Waals surface area contributed by atoms with Gasteiger partial charge in [0.1, 0.15) is 6.67 Å². The van der Waals surface area contributed by atoms with Crippen molar-refractivity contribution in [3.8, 4) is 0 Å². The molecule has 1 rings (SSSR count). The van der Waals surface area contributed by atoms with E-state index in [0.29, 0.717) is 6.61 Å². The molecule has 54 valence electrons. The molecule has 0 bridgehead atoms. The lowest BCUT2D eigenvalue weighted by Gasteiger charge is -2.09. The standard InChI is InChI=1S/C6H14N2O/c1-7-2-3-8(6-7)4-5-9/h9H,2-6H2,1H3/p+1. The van der Waals surface area contributed by atoms with Crippen molar-refractivity contribution < 1.29 is 10.0 Å². The molecule has 0 spiro atoms. The summed E-state index contributed by atoms with van der Waals surface area (Å²) in [6, 6.07) is 0. The number of hydrogen-bond acceptors (Lipinski definition) is 2. The van der Waals surface area contributed by atoms with Crippen molar-refractivity contribution in [2.75, 3.05) is 40.0 Å². The van der Waals surface area contributed by atoms with Crippen LogP contribution in [-0.4, -0.2) is 50.0 Å². The Hall–Kier alpha value is -0.120. The van der Waals surface area contributed by atoms with Gasteiger partial charge in [0, 0.05) is 6.54 Å². The molecule has 1 aliphatic heterocycles. The highest BCUT2D eigenvalue weighted by Gasteiger charge is 2.18. The highest BCUT2D eigenvalue weighted by atomic mass is 16.3. The van der Waals surface area contributed by atoms with Gasteiger partial charge in [0.2, 0.25) is 0 Å². The predicted molar refractivity (Wildman–Crippen MR) is 35.3 cm³/mol. The lowest BCUT2D eigenvalue weighted by Crippen LogP contribution is -3.07. The number of β-amino-alcohol motifs (C(OH)–C–C–N with tert-alkyl or cyclic N) is 1. The Kier molecular flexibility index (Phi) is 2.45. The van der Waals surface area contributed by atoms with Crippen molar-refractivity contribution in [2.24, 2.45) is 0 Å². The van der Waals surface area contributed by atoms with E-state index < -0.39 is 0 Å². The number of aliphatic hydroxyl groups excluding tert-OH is 1. The van der Waals surface area contributed by atoms with E-state index in [1.807, 2.05) is 0 Å². The molecule has 1 heterocycles. The number of nitrogens with zero attached hydrogens (tertiary/aromatic N) is 1. The molecular weight excluding hydrogens is 116 g/mol. The molecule has 0 amide bonds. The van der Waals surface area contributed by atoms with Crippen molar-refractivity contribution >= 4 is 0 Å². The number of hydrogen-bond donors (Lipinski definition) is 2. The normalized spacial score (nSPS) is 29.3. The summed E-state index contributed by atoms with van der Waals surface area (Å²) >= 11 is 0. The maximum atomic E-state index is 8.56. The van der Waals surface area contributed by atoms with Gasteiger partial charge in [-0.1, -0.05) is 0 Å². The minimum atomic E-state index is 0.299. The molecule has 0 aromatic rings. The van der Waals surface area contributed by atoms with Crippen LogP contribution in [0, 0.1) is 0 Å². The predicted octanol–water partition coefficient (Wildman–Crippen LogP) is -2.23. The molecule has 1 atom stereocenters. The summed E-state index contributed by atoms with van der Waals surface area (Å²) in [5, 5.41) is 8.56. The highest BCUT2D eigenvalue weighted by molar-refractivity contribution is 4.53. The van der Waals surface area contributed by atoms with Crippen molar-refractivity contribution in [2.45, 2.75) is 0 Å². The molecular formula is C6H15N2O+.